The molecule has 2 heterocycles. The van der Waals surface area contributed by atoms with Gasteiger partial charge in [0.15, 0.2) is 0 Å². The molecule has 1 aromatic carbocycles. The van der Waals surface area contributed by atoms with Gasteiger partial charge in [-0.05, 0) is 63.4 Å². The Hall–Kier alpha value is -1.66. The fraction of sp³-hybridized carbons (Fsp3) is 0.650. The van der Waals surface area contributed by atoms with Crippen LogP contribution in [0.2, 0.25) is 0 Å². The Morgan fingerprint density at radius 2 is 1.85 bits per heavy atom. The zero-order chi connectivity index (χ0) is 18.8. The van der Waals surface area contributed by atoms with Crippen LogP contribution in [0.4, 0.5) is 10.1 Å². The van der Waals surface area contributed by atoms with Gasteiger partial charge in [-0.15, -0.1) is 0 Å². The van der Waals surface area contributed by atoms with Crippen LogP contribution in [-0.2, 0) is 4.79 Å². The Bertz CT molecular complexity index is 628. The van der Waals surface area contributed by atoms with E-state index >= 15 is 0 Å². The number of rotatable bonds is 4. The number of nitrogens with zero attached hydrogens (tertiary/aromatic N) is 2. The van der Waals surface area contributed by atoms with Crippen LogP contribution in [0.15, 0.2) is 24.3 Å². The molecule has 1 aromatic rings. The second kappa shape index (κ2) is 7.53. The minimum atomic E-state index is -0.725. The summed E-state index contributed by atoms with van der Waals surface area (Å²) in [5, 5.41) is 13.8. The molecule has 2 fully saturated rings. The molecule has 0 saturated carbocycles. The molecule has 2 aliphatic heterocycles. The Kier molecular flexibility index (Phi) is 5.53. The van der Waals surface area contributed by atoms with Gasteiger partial charge in [0.2, 0.25) is 5.91 Å². The van der Waals surface area contributed by atoms with E-state index in [1.165, 1.54) is 12.1 Å². The number of hydrogen-bond acceptors (Lipinski definition) is 4. The third kappa shape index (κ3) is 4.18. The fourth-order valence-electron chi connectivity index (χ4n) is 4.37. The molecular weight excluding hydrogens is 333 g/mol. The van der Waals surface area contributed by atoms with E-state index < -0.39 is 5.60 Å². The molecule has 26 heavy (non-hydrogen) atoms. The maximum Gasteiger partial charge on any atom is 0.226 e. The first-order valence-electron chi connectivity index (χ1n) is 9.51. The van der Waals surface area contributed by atoms with Crippen LogP contribution in [0.25, 0.3) is 0 Å². The van der Waals surface area contributed by atoms with Crippen molar-refractivity contribution in [2.75, 3.05) is 44.7 Å². The number of amides is 1. The van der Waals surface area contributed by atoms with Crippen molar-refractivity contribution in [3.05, 3.63) is 30.1 Å². The lowest BCUT2D eigenvalue weighted by Crippen LogP contribution is -2.56. The van der Waals surface area contributed by atoms with Gasteiger partial charge in [0.05, 0.1) is 11.0 Å². The van der Waals surface area contributed by atoms with Gasteiger partial charge in [-0.3, -0.25) is 9.69 Å². The molecule has 5 nitrogen and oxygen atoms in total. The van der Waals surface area contributed by atoms with Gasteiger partial charge >= 0.3 is 0 Å². The van der Waals surface area contributed by atoms with Crippen molar-refractivity contribution < 1.29 is 14.3 Å². The summed E-state index contributed by atoms with van der Waals surface area (Å²) in [6.07, 6.45) is 3.22. The Morgan fingerprint density at radius 3 is 2.46 bits per heavy atom. The average molecular weight is 363 g/mol. The summed E-state index contributed by atoms with van der Waals surface area (Å²) in [5.41, 5.74) is -0.103. The zero-order valence-electron chi connectivity index (χ0n) is 15.8. The zero-order valence-corrected chi connectivity index (χ0v) is 15.8. The van der Waals surface area contributed by atoms with Gasteiger partial charge in [0.1, 0.15) is 5.82 Å². The van der Waals surface area contributed by atoms with Crippen molar-refractivity contribution in [2.24, 2.45) is 5.41 Å². The number of carbonyl (C=O) groups excluding carboxylic acids is 1. The standard InChI is InChI=1S/C20H30FN3O2/c1-19(18(25)22-2)8-3-11-23(14-19)15-20(26)9-12-24(13-10-20)17-6-4-16(21)5-7-17/h4-7,26H,3,8-15H2,1-2H3,(H,22,25)/t19-/m1/s1. The lowest BCUT2D eigenvalue weighted by Gasteiger charge is -2.45. The molecular formula is C20H30FN3O2. The van der Waals surface area contributed by atoms with Gasteiger partial charge in [-0.1, -0.05) is 0 Å². The highest BCUT2D eigenvalue weighted by Crippen LogP contribution is 2.33. The topological polar surface area (TPSA) is 55.8 Å². The third-order valence-electron chi connectivity index (χ3n) is 5.95. The van der Waals surface area contributed by atoms with Crippen molar-refractivity contribution >= 4 is 11.6 Å². The predicted octanol–water partition coefficient (Wildman–Crippen LogP) is 2.01. The van der Waals surface area contributed by atoms with Gasteiger partial charge < -0.3 is 15.3 Å². The first-order valence-corrected chi connectivity index (χ1v) is 9.51. The lowest BCUT2D eigenvalue weighted by molar-refractivity contribution is -0.134. The predicted molar refractivity (Wildman–Crippen MR) is 101 cm³/mol. The minimum Gasteiger partial charge on any atom is -0.388 e. The second-order valence-electron chi connectivity index (χ2n) is 8.14. The number of nitrogens with one attached hydrogen (secondary N) is 1. The van der Waals surface area contributed by atoms with Gasteiger partial charge in [0, 0.05) is 38.9 Å². The summed E-state index contributed by atoms with van der Waals surface area (Å²) in [6.45, 7) is 5.74. The van der Waals surface area contributed by atoms with E-state index in [9.17, 15) is 14.3 Å². The number of benzene rings is 1. The van der Waals surface area contributed by atoms with E-state index in [0.717, 1.165) is 38.2 Å². The molecule has 0 aromatic heterocycles. The van der Waals surface area contributed by atoms with Crippen LogP contribution in [0.5, 0.6) is 0 Å². The van der Waals surface area contributed by atoms with E-state index in [1.807, 2.05) is 6.92 Å². The molecule has 0 radical (unpaired) electrons. The van der Waals surface area contributed by atoms with Crippen LogP contribution in [0, 0.1) is 11.2 Å². The van der Waals surface area contributed by atoms with Crippen LogP contribution in [0.1, 0.15) is 32.6 Å². The number of hydrogen-bond donors (Lipinski definition) is 2. The van der Waals surface area contributed by atoms with E-state index in [-0.39, 0.29) is 17.1 Å². The maximum absolute atomic E-state index is 13.1. The number of likely N-dealkylation sites (tertiary alicyclic amines) is 1. The van der Waals surface area contributed by atoms with Gasteiger partial charge in [0.25, 0.3) is 0 Å². The molecule has 1 amide bonds. The third-order valence-corrected chi connectivity index (χ3v) is 5.95. The molecule has 3 rings (SSSR count). The van der Waals surface area contributed by atoms with Crippen molar-refractivity contribution in [3.8, 4) is 0 Å². The molecule has 0 bridgehead atoms. The molecule has 0 aliphatic carbocycles. The number of piperidine rings is 2. The first-order chi connectivity index (χ1) is 12.3. The summed E-state index contributed by atoms with van der Waals surface area (Å²) in [6, 6.07) is 6.53. The van der Waals surface area contributed by atoms with Crippen molar-refractivity contribution in [1.82, 2.24) is 10.2 Å². The van der Waals surface area contributed by atoms with Gasteiger partial charge in [-0.25, -0.2) is 4.39 Å². The molecule has 6 heteroatoms. The van der Waals surface area contributed by atoms with E-state index in [2.05, 4.69) is 15.1 Å². The van der Waals surface area contributed by atoms with Crippen LogP contribution in [-0.4, -0.2) is 61.3 Å². The summed E-state index contributed by atoms with van der Waals surface area (Å²) in [5.74, 6) is -0.146. The normalized spacial score (nSPS) is 26.5. The molecule has 144 valence electrons. The summed E-state index contributed by atoms with van der Waals surface area (Å²) in [4.78, 5) is 16.6. The monoisotopic (exact) mass is 363 g/mol. The summed E-state index contributed by atoms with van der Waals surface area (Å²) >= 11 is 0. The molecule has 0 unspecified atom stereocenters. The van der Waals surface area contributed by atoms with Crippen LogP contribution < -0.4 is 10.2 Å². The van der Waals surface area contributed by atoms with Crippen LogP contribution >= 0.6 is 0 Å². The second-order valence-corrected chi connectivity index (χ2v) is 8.14. The maximum atomic E-state index is 13.1. The number of halogens is 1. The Balaban J connectivity index is 1.57. The highest BCUT2D eigenvalue weighted by atomic mass is 19.1. The van der Waals surface area contributed by atoms with Gasteiger partial charge in [-0.2, -0.15) is 0 Å². The number of β-amino-alcohol motifs (C(OH)–C–C–N with tert-alkyl or cyclic N) is 1. The smallest absolute Gasteiger partial charge is 0.226 e. The Morgan fingerprint density at radius 1 is 1.19 bits per heavy atom. The highest BCUT2D eigenvalue weighted by molar-refractivity contribution is 5.82. The minimum absolute atomic E-state index is 0.0836. The van der Waals surface area contributed by atoms with Crippen LogP contribution in [0.3, 0.4) is 0 Å². The van der Waals surface area contributed by atoms with E-state index in [1.54, 1.807) is 19.2 Å². The average Bonchev–Trinajstić information content (AvgIpc) is 2.62. The molecule has 0 spiro atoms. The van der Waals surface area contributed by atoms with Crippen molar-refractivity contribution in [2.45, 2.75) is 38.2 Å². The Labute approximate surface area is 155 Å². The van der Waals surface area contributed by atoms with Crippen molar-refractivity contribution in [3.63, 3.8) is 0 Å². The molecule has 2 N–H and O–H groups in total. The number of anilines is 1. The first kappa shape index (κ1) is 19.1. The SMILES string of the molecule is CNC(=O)[C@]1(C)CCCN(CC2(O)CCN(c3ccc(F)cc3)CC2)C1. The molecule has 2 aliphatic rings. The number of carbonyl (C=O) groups is 1. The molecule has 2 saturated heterocycles. The summed E-state index contributed by atoms with van der Waals surface area (Å²) in [7, 11) is 1.69. The van der Waals surface area contributed by atoms with E-state index in [4.69, 9.17) is 0 Å². The van der Waals surface area contributed by atoms with E-state index in [0.29, 0.717) is 25.9 Å². The highest BCUT2D eigenvalue weighted by Gasteiger charge is 2.41. The lowest BCUT2D eigenvalue weighted by atomic mass is 9.80. The summed E-state index contributed by atoms with van der Waals surface area (Å²) < 4.78 is 13.1. The quantitative estimate of drug-likeness (QED) is 0.859. The number of aliphatic hydroxyl groups is 1. The molecule has 1 atom stereocenters. The largest absolute Gasteiger partial charge is 0.388 e. The fourth-order valence-corrected chi connectivity index (χ4v) is 4.37. The van der Waals surface area contributed by atoms with Crippen molar-refractivity contribution in [1.29, 1.82) is 0 Å².